The third-order valence-electron chi connectivity index (χ3n) is 3.03. The molecule has 0 fully saturated rings. The number of anilines is 1. The van der Waals surface area contributed by atoms with Gasteiger partial charge in [0.1, 0.15) is 11.6 Å². The van der Waals surface area contributed by atoms with Gasteiger partial charge in [-0.05, 0) is 37.3 Å². The molecule has 0 radical (unpaired) electrons. The Morgan fingerprint density at radius 2 is 1.83 bits per heavy atom. The summed E-state index contributed by atoms with van der Waals surface area (Å²) in [5.41, 5.74) is 0.854. The second-order valence-electron chi connectivity index (χ2n) is 5.06. The fourth-order valence-corrected chi connectivity index (χ4v) is 2.45. The first-order valence-corrected chi connectivity index (χ1v) is 8.64. The van der Waals surface area contributed by atoms with E-state index in [0.29, 0.717) is 5.75 Å². The van der Waals surface area contributed by atoms with Crippen LogP contribution >= 0.6 is 0 Å². The molecule has 0 spiro atoms. The van der Waals surface area contributed by atoms with E-state index in [4.69, 9.17) is 4.74 Å². The molecule has 1 N–H and O–H groups in total. The Morgan fingerprint density at radius 3 is 2.43 bits per heavy atom. The summed E-state index contributed by atoms with van der Waals surface area (Å²) in [4.78, 5) is 11.7. The Kier molecular flexibility index (Phi) is 5.00. The highest BCUT2D eigenvalue weighted by atomic mass is 32.2. The smallest absolute Gasteiger partial charge is 0.262 e. The molecule has 23 heavy (non-hydrogen) atoms. The number of rotatable bonds is 5. The van der Waals surface area contributed by atoms with Crippen LogP contribution in [-0.4, -0.2) is 27.2 Å². The van der Waals surface area contributed by atoms with E-state index in [1.54, 1.807) is 12.1 Å². The Bertz CT molecular complexity index is 816. The van der Waals surface area contributed by atoms with E-state index in [1.807, 2.05) is 19.1 Å². The Hall–Kier alpha value is -2.41. The molecule has 0 aliphatic rings. The third-order valence-corrected chi connectivity index (χ3v) is 4.14. The van der Waals surface area contributed by atoms with Crippen LogP contribution in [0.25, 0.3) is 0 Å². The number of carbonyl (C=O) groups excluding carboxylic acids is 1. The molecule has 0 atom stereocenters. The molecule has 2 aromatic rings. The molecule has 1 amide bonds. The average molecular weight is 337 g/mol. The fourth-order valence-electron chi connectivity index (χ4n) is 1.80. The number of nitrogens with one attached hydrogen (secondary N) is 1. The first-order chi connectivity index (χ1) is 10.8. The molecule has 122 valence electrons. The summed E-state index contributed by atoms with van der Waals surface area (Å²) in [6.07, 6.45) is 1.01. The summed E-state index contributed by atoms with van der Waals surface area (Å²) in [6.45, 7) is 1.61. The van der Waals surface area contributed by atoms with Crippen molar-refractivity contribution in [1.29, 1.82) is 0 Å². The number of amides is 1. The topological polar surface area (TPSA) is 72.5 Å². The molecular formula is C16H16FNO4S. The van der Waals surface area contributed by atoms with Crippen LogP contribution in [0.15, 0.2) is 47.4 Å². The van der Waals surface area contributed by atoms with Crippen LogP contribution < -0.4 is 10.1 Å². The van der Waals surface area contributed by atoms with Crippen LogP contribution in [0.2, 0.25) is 0 Å². The average Bonchev–Trinajstić information content (AvgIpc) is 2.48. The zero-order chi connectivity index (χ0) is 17.0. The van der Waals surface area contributed by atoms with Gasteiger partial charge < -0.3 is 10.1 Å². The van der Waals surface area contributed by atoms with Gasteiger partial charge in [-0.2, -0.15) is 0 Å². The van der Waals surface area contributed by atoms with Crippen molar-refractivity contribution in [2.75, 3.05) is 18.2 Å². The molecule has 7 heteroatoms. The molecule has 0 saturated carbocycles. The molecule has 2 aromatic carbocycles. The lowest BCUT2D eigenvalue weighted by Gasteiger charge is -2.09. The number of halogens is 1. The number of hydrogen-bond donors (Lipinski definition) is 1. The van der Waals surface area contributed by atoms with E-state index in [0.717, 1.165) is 30.0 Å². The van der Waals surface area contributed by atoms with Crippen molar-refractivity contribution < 1.29 is 22.3 Å². The van der Waals surface area contributed by atoms with Gasteiger partial charge in [-0.25, -0.2) is 12.8 Å². The van der Waals surface area contributed by atoms with Gasteiger partial charge in [0.25, 0.3) is 5.91 Å². The highest BCUT2D eigenvalue weighted by molar-refractivity contribution is 7.90. The van der Waals surface area contributed by atoms with Gasteiger partial charge in [-0.15, -0.1) is 0 Å². The van der Waals surface area contributed by atoms with E-state index in [2.05, 4.69) is 5.32 Å². The standard InChI is InChI=1S/C16H16FNO4S/c1-11-3-5-12(6-4-11)22-10-16(19)18-15-9-13(23(2,20)21)7-8-14(15)17/h3-9H,10H2,1-2H3,(H,18,19). The SMILES string of the molecule is Cc1ccc(OCC(=O)Nc2cc(S(C)(=O)=O)ccc2F)cc1. The Balaban J connectivity index is 2.04. The number of ether oxygens (including phenoxy) is 1. The molecule has 2 rings (SSSR count). The largest absolute Gasteiger partial charge is 0.484 e. The van der Waals surface area contributed by atoms with Gasteiger partial charge in [0, 0.05) is 6.26 Å². The van der Waals surface area contributed by atoms with Crippen molar-refractivity contribution in [3.8, 4) is 5.75 Å². The number of aryl methyl sites for hydroxylation is 1. The minimum Gasteiger partial charge on any atom is -0.484 e. The lowest BCUT2D eigenvalue weighted by Crippen LogP contribution is -2.21. The summed E-state index contributed by atoms with van der Waals surface area (Å²) in [5, 5.41) is 2.30. The van der Waals surface area contributed by atoms with Crippen molar-refractivity contribution in [3.05, 3.63) is 53.8 Å². The second-order valence-corrected chi connectivity index (χ2v) is 7.08. The van der Waals surface area contributed by atoms with Gasteiger partial charge in [0.2, 0.25) is 0 Å². The Morgan fingerprint density at radius 1 is 1.17 bits per heavy atom. The summed E-state index contributed by atoms with van der Waals surface area (Å²) >= 11 is 0. The van der Waals surface area contributed by atoms with Crippen molar-refractivity contribution in [3.63, 3.8) is 0 Å². The van der Waals surface area contributed by atoms with Crippen molar-refractivity contribution in [2.45, 2.75) is 11.8 Å². The summed E-state index contributed by atoms with van der Waals surface area (Å²) < 4.78 is 41.9. The van der Waals surface area contributed by atoms with E-state index in [-0.39, 0.29) is 17.2 Å². The molecule has 0 saturated heterocycles. The minimum atomic E-state index is -3.49. The highest BCUT2D eigenvalue weighted by Gasteiger charge is 2.13. The molecule has 0 aromatic heterocycles. The predicted octanol–water partition coefficient (Wildman–Crippen LogP) is 2.56. The summed E-state index contributed by atoms with van der Waals surface area (Å²) in [6, 6.07) is 10.3. The van der Waals surface area contributed by atoms with Gasteiger partial charge in [-0.1, -0.05) is 17.7 Å². The normalized spacial score (nSPS) is 11.1. The van der Waals surface area contributed by atoms with E-state index in [9.17, 15) is 17.6 Å². The Labute approximate surface area is 134 Å². The maximum atomic E-state index is 13.7. The molecule has 0 aliphatic carbocycles. The first-order valence-electron chi connectivity index (χ1n) is 6.74. The van der Waals surface area contributed by atoms with Crippen LogP contribution in [0.4, 0.5) is 10.1 Å². The summed E-state index contributed by atoms with van der Waals surface area (Å²) in [7, 11) is -3.49. The van der Waals surface area contributed by atoms with Crippen LogP contribution in [0.3, 0.4) is 0 Å². The number of carbonyl (C=O) groups is 1. The van der Waals surface area contributed by atoms with Gasteiger partial charge in [0.15, 0.2) is 16.4 Å². The molecular weight excluding hydrogens is 321 g/mol. The number of sulfone groups is 1. The van der Waals surface area contributed by atoms with E-state index < -0.39 is 21.6 Å². The third kappa shape index (κ3) is 4.79. The molecule has 5 nitrogen and oxygen atoms in total. The minimum absolute atomic E-state index is 0.0753. The van der Waals surface area contributed by atoms with Crippen LogP contribution in [0.1, 0.15) is 5.56 Å². The molecule has 0 heterocycles. The predicted molar refractivity (Wildman–Crippen MR) is 84.8 cm³/mol. The van der Waals surface area contributed by atoms with Crippen LogP contribution in [-0.2, 0) is 14.6 Å². The maximum Gasteiger partial charge on any atom is 0.262 e. The van der Waals surface area contributed by atoms with Gasteiger partial charge >= 0.3 is 0 Å². The fraction of sp³-hybridized carbons (Fsp3) is 0.188. The number of hydrogen-bond acceptors (Lipinski definition) is 4. The summed E-state index contributed by atoms with van der Waals surface area (Å²) in [5.74, 6) is -0.799. The highest BCUT2D eigenvalue weighted by Crippen LogP contribution is 2.19. The maximum absolute atomic E-state index is 13.7. The monoisotopic (exact) mass is 337 g/mol. The zero-order valence-electron chi connectivity index (χ0n) is 12.7. The zero-order valence-corrected chi connectivity index (χ0v) is 13.5. The van der Waals surface area contributed by atoms with Crippen LogP contribution in [0, 0.1) is 12.7 Å². The second kappa shape index (κ2) is 6.78. The van der Waals surface area contributed by atoms with Crippen LogP contribution in [0.5, 0.6) is 5.75 Å². The van der Waals surface area contributed by atoms with Gasteiger partial charge in [-0.3, -0.25) is 4.79 Å². The molecule has 0 unspecified atom stereocenters. The van der Waals surface area contributed by atoms with E-state index >= 15 is 0 Å². The molecule has 0 bridgehead atoms. The first kappa shape index (κ1) is 17.0. The van der Waals surface area contributed by atoms with Crippen molar-refractivity contribution in [1.82, 2.24) is 0 Å². The lowest BCUT2D eigenvalue weighted by atomic mass is 10.2. The van der Waals surface area contributed by atoms with E-state index in [1.165, 1.54) is 0 Å². The van der Waals surface area contributed by atoms with Crippen molar-refractivity contribution >= 4 is 21.4 Å². The quantitative estimate of drug-likeness (QED) is 0.851. The van der Waals surface area contributed by atoms with Gasteiger partial charge in [0.05, 0.1) is 10.6 Å². The molecule has 0 aliphatic heterocycles. The lowest BCUT2D eigenvalue weighted by molar-refractivity contribution is -0.118. The number of benzene rings is 2. The van der Waals surface area contributed by atoms with Crippen molar-refractivity contribution in [2.24, 2.45) is 0 Å².